The van der Waals surface area contributed by atoms with Crippen LogP contribution in [0.3, 0.4) is 0 Å². The standard InChI is InChI=1S/C15H16N4O2/c1-2-19-7-6-10(9-19)8-16-12-5-3-4-11-13(12)15(21)18-17-14(11)20/h3-7,9,16H,2,8H2,1H3,(H,17,20)(H,18,21). The van der Waals surface area contributed by atoms with Gasteiger partial charge in [-0.05, 0) is 30.7 Å². The summed E-state index contributed by atoms with van der Waals surface area (Å²) >= 11 is 0. The fourth-order valence-corrected chi connectivity index (χ4v) is 2.37. The Morgan fingerprint density at radius 3 is 2.71 bits per heavy atom. The van der Waals surface area contributed by atoms with Crippen LogP contribution in [0.1, 0.15) is 12.5 Å². The molecule has 1 aromatic carbocycles. The Labute approximate surface area is 120 Å². The lowest BCUT2D eigenvalue weighted by Gasteiger charge is -2.07. The molecule has 21 heavy (non-hydrogen) atoms. The average molecular weight is 284 g/mol. The Morgan fingerprint density at radius 2 is 1.95 bits per heavy atom. The van der Waals surface area contributed by atoms with Crippen LogP contribution in [0, 0.1) is 0 Å². The Morgan fingerprint density at radius 1 is 1.14 bits per heavy atom. The van der Waals surface area contributed by atoms with Gasteiger partial charge in [0, 0.05) is 31.2 Å². The highest BCUT2D eigenvalue weighted by Crippen LogP contribution is 2.17. The van der Waals surface area contributed by atoms with Gasteiger partial charge in [-0.3, -0.25) is 19.8 Å². The molecule has 0 saturated carbocycles. The van der Waals surface area contributed by atoms with E-state index in [1.165, 1.54) is 0 Å². The van der Waals surface area contributed by atoms with E-state index in [-0.39, 0.29) is 11.1 Å². The molecule has 0 amide bonds. The molecular formula is C15H16N4O2. The van der Waals surface area contributed by atoms with Crippen LogP contribution in [0.25, 0.3) is 10.8 Å². The van der Waals surface area contributed by atoms with Crippen molar-refractivity contribution in [3.63, 3.8) is 0 Å². The van der Waals surface area contributed by atoms with E-state index in [0.717, 1.165) is 12.1 Å². The first-order chi connectivity index (χ1) is 10.2. The molecule has 0 radical (unpaired) electrons. The zero-order valence-corrected chi connectivity index (χ0v) is 11.6. The first kappa shape index (κ1) is 13.2. The fourth-order valence-electron chi connectivity index (χ4n) is 2.37. The van der Waals surface area contributed by atoms with Crippen molar-refractivity contribution < 1.29 is 0 Å². The van der Waals surface area contributed by atoms with Gasteiger partial charge in [0.15, 0.2) is 0 Å². The van der Waals surface area contributed by atoms with E-state index in [1.54, 1.807) is 18.2 Å². The number of aromatic amines is 2. The third-order valence-corrected chi connectivity index (χ3v) is 3.49. The minimum Gasteiger partial charge on any atom is -0.380 e. The van der Waals surface area contributed by atoms with E-state index in [9.17, 15) is 9.59 Å². The number of hydrogen-bond acceptors (Lipinski definition) is 3. The summed E-state index contributed by atoms with van der Waals surface area (Å²) in [5.41, 5.74) is 1.17. The number of anilines is 1. The van der Waals surface area contributed by atoms with Gasteiger partial charge in [-0.1, -0.05) is 6.07 Å². The predicted octanol–water partition coefficient (Wildman–Crippen LogP) is 1.65. The number of aromatic nitrogens is 3. The predicted molar refractivity (Wildman–Crippen MR) is 82.6 cm³/mol. The topological polar surface area (TPSA) is 82.7 Å². The number of benzene rings is 1. The number of hydrogen-bond donors (Lipinski definition) is 3. The number of nitrogens with zero attached hydrogens (tertiary/aromatic N) is 1. The average Bonchev–Trinajstić information content (AvgIpc) is 2.97. The molecule has 6 nitrogen and oxygen atoms in total. The lowest BCUT2D eigenvalue weighted by Crippen LogP contribution is -2.20. The maximum absolute atomic E-state index is 11.9. The van der Waals surface area contributed by atoms with Crippen LogP contribution in [0.4, 0.5) is 5.69 Å². The van der Waals surface area contributed by atoms with Crippen LogP contribution in [0.2, 0.25) is 0 Å². The van der Waals surface area contributed by atoms with Gasteiger partial charge in [0.2, 0.25) is 0 Å². The molecule has 0 fully saturated rings. The molecule has 0 bridgehead atoms. The van der Waals surface area contributed by atoms with Crippen LogP contribution in [0.5, 0.6) is 0 Å². The Kier molecular flexibility index (Phi) is 3.35. The summed E-state index contributed by atoms with van der Waals surface area (Å²) < 4.78 is 2.08. The van der Waals surface area contributed by atoms with E-state index >= 15 is 0 Å². The molecule has 0 saturated heterocycles. The molecule has 0 unspecified atom stereocenters. The second-order valence-electron chi connectivity index (χ2n) is 4.84. The minimum absolute atomic E-state index is 0.301. The van der Waals surface area contributed by atoms with Crippen molar-refractivity contribution in [2.45, 2.75) is 20.0 Å². The molecule has 3 aromatic rings. The van der Waals surface area contributed by atoms with Crippen LogP contribution >= 0.6 is 0 Å². The maximum Gasteiger partial charge on any atom is 0.272 e. The molecule has 0 aliphatic carbocycles. The number of H-pyrrole nitrogens is 2. The highest BCUT2D eigenvalue weighted by Gasteiger charge is 2.08. The summed E-state index contributed by atoms with van der Waals surface area (Å²) in [6.45, 7) is 3.59. The number of fused-ring (bicyclic) bond motifs is 1. The summed E-state index contributed by atoms with van der Waals surface area (Å²) in [6, 6.07) is 7.23. The number of rotatable bonds is 4. The quantitative estimate of drug-likeness (QED) is 0.681. The first-order valence-corrected chi connectivity index (χ1v) is 6.81. The molecule has 2 heterocycles. The second kappa shape index (κ2) is 5.32. The molecule has 0 aliphatic rings. The summed E-state index contributed by atoms with van der Waals surface area (Å²) in [5, 5.41) is 8.68. The lowest BCUT2D eigenvalue weighted by atomic mass is 10.1. The zero-order chi connectivity index (χ0) is 14.8. The van der Waals surface area contributed by atoms with Gasteiger partial charge < -0.3 is 9.88 Å². The van der Waals surface area contributed by atoms with E-state index in [0.29, 0.717) is 23.0 Å². The van der Waals surface area contributed by atoms with Crippen molar-refractivity contribution in [2.75, 3.05) is 5.32 Å². The van der Waals surface area contributed by atoms with E-state index in [2.05, 4.69) is 33.2 Å². The molecule has 3 N–H and O–H groups in total. The van der Waals surface area contributed by atoms with Crippen LogP contribution < -0.4 is 16.4 Å². The SMILES string of the molecule is CCn1ccc(CNc2cccc3c(=O)[nH][nH]c(=O)c23)c1. The Hall–Kier alpha value is -2.76. The summed E-state index contributed by atoms with van der Waals surface area (Å²) in [4.78, 5) is 23.7. The third kappa shape index (κ3) is 2.47. The molecule has 2 aromatic heterocycles. The third-order valence-electron chi connectivity index (χ3n) is 3.49. The molecule has 0 aliphatic heterocycles. The molecule has 3 rings (SSSR count). The van der Waals surface area contributed by atoms with Gasteiger partial charge in [0.05, 0.1) is 10.8 Å². The van der Waals surface area contributed by atoms with E-state index in [1.807, 2.05) is 12.3 Å². The van der Waals surface area contributed by atoms with E-state index < -0.39 is 0 Å². The van der Waals surface area contributed by atoms with Crippen LogP contribution in [0.15, 0.2) is 46.2 Å². The maximum atomic E-state index is 11.9. The largest absolute Gasteiger partial charge is 0.380 e. The summed E-state index contributed by atoms with van der Waals surface area (Å²) in [5.74, 6) is 0. The lowest BCUT2D eigenvalue weighted by molar-refractivity contribution is 0.766. The smallest absolute Gasteiger partial charge is 0.272 e. The van der Waals surface area contributed by atoms with Gasteiger partial charge in [-0.15, -0.1) is 0 Å². The van der Waals surface area contributed by atoms with Crippen molar-refractivity contribution in [3.8, 4) is 0 Å². The highest BCUT2D eigenvalue weighted by molar-refractivity contribution is 5.92. The van der Waals surface area contributed by atoms with Crippen LogP contribution in [-0.4, -0.2) is 14.8 Å². The summed E-state index contributed by atoms with van der Waals surface area (Å²) in [7, 11) is 0. The monoisotopic (exact) mass is 284 g/mol. The molecule has 6 heteroatoms. The van der Waals surface area contributed by atoms with Crippen molar-refractivity contribution in [2.24, 2.45) is 0 Å². The second-order valence-corrected chi connectivity index (χ2v) is 4.84. The number of nitrogens with one attached hydrogen (secondary N) is 3. The minimum atomic E-state index is -0.307. The summed E-state index contributed by atoms with van der Waals surface area (Å²) in [6.07, 6.45) is 4.06. The highest BCUT2D eigenvalue weighted by atomic mass is 16.1. The Balaban J connectivity index is 1.96. The fraction of sp³-hybridized carbons (Fsp3) is 0.200. The van der Waals surface area contributed by atoms with Gasteiger partial charge in [0.25, 0.3) is 11.1 Å². The normalized spacial score (nSPS) is 10.9. The molecule has 108 valence electrons. The van der Waals surface area contributed by atoms with Crippen molar-refractivity contribution in [1.29, 1.82) is 0 Å². The van der Waals surface area contributed by atoms with Crippen molar-refractivity contribution in [3.05, 3.63) is 62.9 Å². The van der Waals surface area contributed by atoms with Gasteiger partial charge in [0.1, 0.15) is 0 Å². The Bertz CT molecular complexity index is 888. The zero-order valence-electron chi connectivity index (χ0n) is 11.6. The van der Waals surface area contributed by atoms with E-state index in [4.69, 9.17) is 0 Å². The molecule has 0 atom stereocenters. The van der Waals surface area contributed by atoms with Gasteiger partial charge in [-0.25, -0.2) is 0 Å². The van der Waals surface area contributed by atoms with Crippen LogP contribution in [-0.2, 0) is 13.1 Å². The van der Waals surface area contributed by atoms with Gasteiger partial charge >= 0.3 is 0 Å². The van der Waals surface area contributed by atoms with Gasteiger partial charge in [-0.2, -0.15) is 0 Å². The first-order valence-electron chi connectivity index (χ1n) is 6.81. The number of aryl methyl sites for hydroxylation is 1. The molecule has 0 spiro atoms. The van der Waals surface area contributed by atoms with Crippen molar-refractivity contribution in [1.82, 2.24) is 14.8 Å². The van der Waals surface area contributed by atoms with Crippen molar-refractivity contribution >= 4 is 16.5 Å². The molecular weight excluding hydrogens is 268 g/mol.